The number of carboxylic acids is 1. The third-order valence-electron chi connectivity index (χ3n) is 3.22. The molecule has 0 aliphatic heterocycles. The highest BCUT2D eigenvalue weighted by Gasteiger charge is 2.27. The van der Waals surface area contributed by atoms with Gasteiger partial charge in [0.1, 0.15) is 0 Å². The number of rotatable bonds is 6. The van der Waals surface area contributed by atoms with Crippen molar-refractivity contribution in [1.82, 2.24) is 0 Å². The maximum atomic E-state index is 12.2. The number of methoxy groups -OCH3 is 1. The topological polar surface area (TPSA) is 92.7 Å². The summed E-state index contributed by atoms with van der Waals surface area (Å²) in [5.41, 5.74) is 0.722. The average molecular weight is 315 g/mol. The first kappa shape index (κ1) is 17.5. The molecule has 6 nitrogen and oxygen atoms in total. The molecule has 0 heterocycles. The Morgan fingerprint density at radius 3 is 2.29 bits per heavy atom. The highest BCUT2D eigenvalue weighted by Crippen LogP contribution is 2.23. The third kappa shape index (κ3) is 4.71. The minimum Gasteiger partial charge on any atom is -0.478 e. The molecule has 0 saturated heterocycles. The van der Waals surface area contributed by atoms with E-state index < -0.39 is 21.6 Å². The minimum atomic E-state index is -3.73. The van der Waals surface area contributed by atoms with Crippen LogP contribution in [0.1, 0.15) is 35.3 Å². The van der Waals surface area contributed by atoms with Crippen molar-refractivity contribution < 1.29 is 23.1 Å². The number of anilines is 1. The minimum absolute atomic E-state index is 0.0671. The number of ether oxygens (including phenoxy) is 1. The molecule has 1 rings (SSSR count). The molecule has 118 valence electrons. The Labute approximate surface area is 125 Å². The highest BCUT2D eigenvalue weighted by atomic mass is 32.2. The molecule has 0 aliphatic carbocycles. The molecule has 0 saturated carbocycles. The Balaban J connectivity index is 3.18. The fraction of sp³-hybridized carbons (Fsp3) is 0.500. The third-order valence-corrected chi connectivity index (χ3v) is 4.83. The summed E-state index contributed by atoms with van der Waals surface area (Å²) in [6.45, 7) is 6.85. The van der Waals surface area contributed by atoms with Gasteiger partial charge in [-0.05, 0) is 51.0 Å². The molecule has 1 aromatic rings. The maximum Gasteiger partial charge on any atom is 0.337 e. The Morgan fingerprint density at radius 1 is 1.29 bits per heavy atom. The van der Waals surface area contributed by atoms with Gasteiger partial charge >= 0.3 is 5.97 Å². The van der Waals surface area contributed by atoms with E-state index in [9.17, 15) is 18.3 Å². The number of aryl methyl sites for hydroxylation is 2. The van der Waals surface area contributed by atoms with Crippen LogP contribution in [-0.4, -0.2) is 38.0 Å². The van der Waals surface area contributed by atoms with Gasteiger partial charge in [0.25, 0.3) is 0 Å². The molecular formula is C14H21NO5S. The van der Waals surface area contributed by atoms with Crippen molar-refractivity contribution in [2.45, 2.75) is 33.3 Å². The fourth-order valence-corrected chi connectivity index (χ4v) is 3.41. The van der Waals surface area contributed by atoms with Crippen LogP contribution in [0, 0.1) is 13.8 Å². The number of hydrogen-bond donors (Lipinski definition) is 2. The lowest BCUT2D eigenvalue weighted by atomic mass is 10.0. The standard InChI is InChI=1S/C14H21NO5S/c1-9-6-11(13(16)17)12(7-10(9)2)15-21(18,19)8-14(3,4)20-5/h6-7,15H,8H2,1-5H3,(H,16,17). The predicted molar refractivity (Wildman–Crippen MR) is 81.4 cm³/mol. The zero-order valence-electron chi connectivity index (χ0n) is 12.9. The van der Waals surface area contributed by atoms with Crippen LogP contribution in [-0.2, 0) is 14.8 Å². The van der Waals surface area contributed by atoms with E-state index in [1.54, 1.807) is 27.7 Å². The maximum absolute atomic E-state index is 12.2. The lowest BCUT2D eigenvalue weighted by Gasteiger charge is -2.23. The lowest BCUT2D eigenvalue weighted by molar-refractivity contribution is 0.0426. The largest absolute Gasteiger partial charge is 0.478 e. The van der Waals surface area contributed by atoms with Crippen LogP contribution >= 0.6 is 0 Å². The summed E-state index contributed by atoms with van der Waals surface area (Å²) in [6, 6.07) is 2.98. The lowest BCUT2D eigenvalue weighted by Crippen LogP contribution is -2.35. The van der Waals surface area contributed by atoms with E-state index in [1.165, 1.54) is 19.2 Å². The van der Waals surface area contributed by atoms with Crippen molar-refractivity contribution in [2.24, 2.45) is 0 Å². The van der Waals surface area contributed by atoms with Crippen LogP contribution in [0.4, 0.5) is 5.69 Å². The van der Waals surface area contributed by atoms with Crippen LogP contribution in [0.25, 0.3) is 0 Å². The van der Waals surface area contributed by atoms with Gasteiger partial charge in [-0.3, -0.25) is 4.72 Å². The summed E-state index contributed by atoms with van der Waals surface area (Å²) >= 11 is 0. The first-order valence-corrected chi connectivity index (χ1v) is 8.03. The van der Waals surface area contributed by atoms with Gasteiger partial charge < -0.3 is 9.84 Å². The second-order valence-corrected chi connectivity index (χ2v) is 7.33. The average Bonchev–Trinajstić information content (AvgIpc) is 2.31. The first-order valence-electron chi connectivity index (χ1n) is 6.37. The number of sulfonamides is 1. The fourth-order valence-electron chi connectivity index (χ4n) is 1.80. The Kier molecular flexibility index (Phi) is 5.01. The van der Waals surface area contributed by atoms with E-state index in [0.29, 0.717) is 0 Å². The summed E-state index contributed by atoms with van der Waals surface area (Å²) in [4.78, 5) is 11.3. The van der Waals surface area contributed by atoms with E-state index in [2.05, 4.69) is 4.72 Å². The van der Waals surface area contributed by atoms with Gasteiger partial charge in [0.15, 0.2) is 0 Å². The Hall–Kier alpha value is -1.60. The van der Waals surface area contributed by atoms with Gasteiger partial charge in [-0.2, -0.15) is 0 Å². The van der Waals surface area contributed by atoms with Crippen LogP contribution in [0.2, 0.25) is 0 Å². The quantitative estimate of drug-likeness (QED) is 0.839. The number of hydrogen-bond acceptors (Lipinski definition) is 4. The van der Waals surface area contributed by atoms with Crippen molar-refractivity contribution >= 4 is 21.7 Å². The molecule has 0 radical (unpaired) electrons. The van der Waals surface area contributed by atoms with Gasteiger partial charge in [-0.15, -0.1) is 0 Å². The van der Waals surface area contributed by atoms with Crippen molar-refractivity contribution in [3.05, 3.63) is 28.8 Å². The van der Waals surface area contributed by atoms with E-state index in [1.807, 2.05) is 0 Å². The molecule has 0 bridgehead atoms. The number of carboxylic acid groups (broad SMARTS) is 1. The molecule has 0 unspecified atom stereocenters. The molecule has 2 N–H and O–H groups in total. The monoisotopic (exact) mass is 315 g/mol. The molecule has 0 amide bonds. The van der Waals surface area contributed by atoms with Gasteiger partial charge in [-0.25, -0.2) is 13.2 Å². The molecular weight excluding hydrogens is 294 g/mol. The second-order valence-electron chi connectivity index (χ2n) is 5.61. The van der Waals surface area contributed by atoms with Gasteiger partial charge in [0.05, 0.1) is 22.6 Å². The predicted octanol–water partition coefficient (Wildman–Crippen LogP) is 2.17. The summed E-state index contributed by atoms with van der Waals surface area (Å²) in [5, 5.41) is 9.20. The van der Waals surface area contributed by atoms with E-state index >= 15 is 0 Å². The number of carbonyl (C=O) groups is 1. The molecule has 1 aromatic carbocycles. The summed E-state index contributed by atoms with van der Waals surface area (Å²) in [5.74, 6) is -1.45. The highest BCUT2D eigenvalue weighted by molar-refractivity contribution is 7.92. The molecule has 0 spiro atoms. The number of nitrogens with one attached hydrogen (secondary N) is 1. The molecule has 0 aromatic heterocycles. The first-order chi connectivity index (χ1) is 9.47. The van der Waals surface area contributed by atoms with Crippen molar-refractivity contribution in [3.8, 4) is 0 Å². The smallest absolute Gasteiger partial charge is 0.337 e. The van der Waals surface area contributed by atoms with Gasteiger partial charge in [0, 0.05) is 7.11 Å². The Bertz CT molecular complexity index is 650. The van der Waals surface area contributed by atoms with E-state index in [0.717, 1.165) is 11.1 Å². The summed E-state index contributed by atoms with van der Waals surface area (Å²) in [6.07, 6.45) is 0. The van der Waals surface area contributed by atoms with E-state index in [-0.39, 0.29) is 17.0 Å². The molecule has 21 heavy (non-hydrogen) atoms. The SMILES string of the molecule is COC(C)(C)CS(=O)(=O)Nc1cc(C)c(C)cc1C(=O)O. The second kappa shape index (κ2) is 6.03. The summed E-state index contributed by atoms with van der Waals surface area (Å²) in [7, 11) is -2.30. The van der Waals surface area contributed by atoms with Crippen LogP contribution in [0.5, 0.6) is 0 Å². The van der Waals surface area contributed by atoms with Crippen LogP contribution < -0.4 is 4.72 Å². The van der Waals surface area contributed by atoms with Crippen molar-refractivity contribution in [2.75, 3.05) is 17.6 Å². The molecule has 0 atom stereocenters. The number of benzene rings is 1. The number of aromatic carboxylic acids is 1. The molecule has 0 aliphatic rings. The summed E-state index contributed by atoms with van der Waals surface area (Å²) < 4.78 is 31.8. The van der Waals surface area contributed by atoms with Gasteiger partial charge in [-0.1, -0.05) is 0 Å². The Morgan fingerprint density at radius 2 is 1.81 bits per heavy atom. The molecule has 0 fully saturated rings. The normalized spacial score (nSPS) is 12.2. The van der Waals surface area contributed by atoms with Crippen LogP contribution in [0.3, 0.4) is 0 Å². The molecule has 7 heteroatoms. The van der Waals surface area contributed by atoms with Gasteiger partial charge in [0.2, 0.25) is 10.0 Å². The zero-order valence-corrected chi connectivity index (χ0v) is 13.7. The van der Waals surface area contributed by atoms with Crippen molar-refractivity contribution in [1.29, 1.82) is 0 Å². The zero-order chi connectivity index (χ0) is 16.4. The van der Waals surface area contributed by atoms with Crippen LogP contribution in [0.15, 0.2) is 12.1 Å². The van der Waals surface area contributed by atoms with E-state index in [4.69, 9.17) is 4.74 Å². The van der Waals surface area contributed by atoms with Crippen molar-refractivity contribution in [3.63, 3.8) is 0 Å².